The molecule has 0 spiro atoms. The van der Waals surface area contributed by atoms with Gasteiger partial charge in [0.15, 0.2) is 11.2 Å². The van der Waals surface area contributed by atoms with Gasteiger partial charge in [-0.15, -0.1) is 0 Å². The molecule has 0 fully saturated rings. The molecule has 1 aliphatic heterocycles. The van der Waals surface area contributed by atoms with Crippen molar-refractivity contribution in [3.63, 3.8) is 0 Å². The molecule has 3 heterocycles. The molecule has 0 bridgehead atoms. The average molecular weight is 534 g/mol. The quantitative estimate of drug-likeness (QED) is 0.225. The number of benzene rings is 2. The van der Waals surface area contributed by atoms with E-state index in [0.717, 1.165) is 74.5 Å². The summed E-state index contributed by atoms with van der Waals surface area (Å²) >= 11 is 1.59. The maximum absolute atomic E-state index is 12.6. The normalized spacial score (nSPS) is 13.7. The predicted octanol–water partition coefficient (Wildman–Crippen LogP) is 6.79. The van der Waals surface area contributed by atoms with Gasteiger partial charge in [-0.1, -0.05) is 38.5 Å². The minimum Gasteiger partial charge on any atom is -0.493 e. The minimum atomic E-state index is -1.10. The number of aliphatic carboxylic acids is 1. The van der Waals surface area contributed by atoms with Gasteiger partial charge < -0.3 is 19.5 Å². The number of fused-ring (bicyclic) bond motifs is 1. The Bertz CT molecular complexity index is 1490. The number of carboxylic acid groups (broad SMARTS) is 1. The standard InChI is InChI=1S/C30H35N3O4S/c1-6-7-13-37-27(29(34)35)23-18(4)15-21-28(38-30(32-21)33(5)16-17(2)3)25(23)20-8-9-22-24-19(11-14-36-22)10-12-31-26(20)24/h8-10,12,15,17,27H,6-7,11,13-14,16H2,1-5H3,(H,34,35)/t27-/m1/s1. The fourth-order valence-electron chi connectivity index (χ4n) is 5.32. The van der Waals surface area contributed by atoms with Crippen molar-refractivity contribution in [2.45, 2.75) is 53.1 Å². The fourth-order valence-corrected chi connectivity index (χ4v) is 6.41. The highest BCUT2D eigenvalue weighted by atomic mass is 32.1. The summed E-state index contributed by atoms with van der Waals surface area (Å²) in [6.45, 7) is 10.3. The van der Waals surface area contributed by atoms with Crippen molar-refractivity contribution in [1.29, 1.82) is 0 Å². The molecule has 2 aromatic carbocycles. The van der Waals surface area contributed by atoms with E-state index in [4.69, 9.17) is 19.4 Å². The van der Waals surface area contributed by atoms with Gasteiger partial charge >= 0.3 is 5.97 Å². The van der Waals surface area contributed by atoms with E-state index in [1.54, 1.807) is 11.3 Å². The van der Waals surface area contributed by atoms with Gasteiger partial charge in [0.1, 0.15) is 5.75 Å². The first-order valence-corrected chi connectivity index (χ1v) is 14.1. The number of hydrogen-bond acceptors (Lipinski definition) is 7. The monoisotopic (exact) mass is 533 g/mol. The van der Waals surface area contributed by atoms with Crippen molar-refractivity contribution >= 4 is 43.6 Å². The van der Waals surface area contributed by atoms with Crippen LogP contribution in [0.2, 0.25) is 0 Å². The zero-order valence-corrected chi connectivity index (χ0v) is 23.5. The van der Waals surface area contributed by atoms with Crippen LogP contribution in [0.25, 0.3) is 32.2 Å². The van der Waals surface area contributed by atoms with Crippen LogP contribution in [0.3, 0.4) is 0 Å². The zero-order valence-electron chi connectivity index (χ0n) is 22.7. The molecule has 1 atom stereocenters. The first-order valence-electron chi connectivity index (χ1n) is 13.3. The van der Waals surface area contributed by atoms with Gasteiger partial charge in [0, 0.05) is 54.9 Å². The predicted molar refractivity (Wildman–Crippen MR) is 154 cm³/mol. The third kappa shape index (κ3) is 4.83. The number of aryl methyl sites for hydroxylation is 1. The van der Waals surface area contributed by atoms with E-state index in [2.05, 4.69) is 32.7 Å². The maximum Gasteiger partial charge on any atom is 0.337 e. The number of aromatic nitrogens is 2. The topological polar surface area (TPSA) is 84.8 Å². The molecule has 7 nitrogen and oxygen atoms in total. The summed E-state index contributed by atoms with van der Waals surface area (Å²) in [5.74, 6) is 0.307. The Labute approximate surface area is 227 Å². The molecular weight excluding hydrogens is 498 g/mol. The smallest absolute Gasteiger partial charge is 0.337 e. The molecule has 200 valence electrons. The molecule has 5 rings (SSSR count). The number of pyridine rings is 1. The van der Waals surface area contributed by atoms with Crippen molar-refractivity contribution < 1.29 is 19.4 Å². The molecule has 8 heteroatoms. The molecule has 0 saturated heterocycles. The largest absolute Gasteiger partial charge is 0.493 e. The van der Waals surface area contributed by atoms with Crippen LogP contribution in [0.15, 0.2) is 30.5 Å². The van der Waals surface area contributed by atoms with Gasteiger partial charge in [-0.05, 0) is 54.7 Å². The molecule has 1 aliphatic rings. The van der Waals surface area contributed by atoms with Gasteiger partial charge in [-0.3, -0.25) is 4.98 Å². The van der Waals surface area contributed by atoms with E-state index in [9.17, 15) is 9.90 Å². The van der Waals surface area contributed by atoms with Crippen molar-refractivity contribution in [2.75, 3.05) is 31.7 Å². The summed E-state index contributed by atoms with van der Waals surface area (Å²) in [6.07, 6.45) is 3.28. The highest BCUT2D eigenvalue weighted by molar-refractivity contribution is 7.22. The molecule has 0 radical (unpaired) electrons. The van der Waals surface area contributed by atoms with E-state index >= 15 is 0 Å². The van der Waals surface area contributed by atoms with Crippen molar-refractivity contribution in [1.82, 2.24) is 9.97 Å². The Morgan fingerprint density at radius 2 is 2.11 bits per heavy atom. The second kappa shape index (κ2) is 10.9. The number of unbranched alkanes of at least 4 members (excludes halogenated alkanes) is 1. The lowest BCUT2D eigenvalue weighted by molar-refractivity contribution is -0.151. The summed E-state index contributed by atoms with van der Waals surface area (Å²) in [7, 11) is 2.06. The van der Waals surface area contributed by atoms with E-state index in [-0.39, 0.29) is 0 Å². The van der Waals surface area contributed by atoms with Gasteiger partial charge in [-0.25, -0.2) is 9.78 Å². The Balaban J connectivity index is 1.81. The van der Waals surface area contributed by atoms with E-state index in [0.29, 0.717) is 24.7 Å². The lowest BCUT2D eigenvalue weighted by atomic mass is 9.89. The summed E-state index contributed by atoms with van der Waals surface area (Å²) in [6, 6.07) is 8.04. The average Bonchev–Trinajstić information content (AvgIpc) is 3.30. The van der Waals surface area contributed by atoms with E-state index in [1.807, 2.05) is 37.4 Å². The minimum absolute atomic E-state index is 0.380. The SMILES string of the molecule is CCCCO[C@@H](C(=O)O)c1c(C)cc2nc(N(C)CC(C)C)sc2c1-c1ccc2c3c(ccnc13)CCO2. The number of carbonyl (C=O) groups is 1. The van der Waals surface area contributed by atoms with Gasteiger partial charge in [0.2, 0.25) is 0 Å². The summed E-state index contributed by atoms with van der Waals surface area (Å²) in [4.78, 5) is 24.6. The number of hydrogen-bond donors (Lipinski definition) is 1. The highest BCUT2D eigenvalue weighted by Gasteiger charge is 2.31. The van der Waals surface area contributed by atoms with Crippen molar-refractivity contribution in [3.8, 4) is 16.9 Å². The Morgan fingerprint density at radius 3 is 2.84 bits per heavy atom. The molecular formula is C30H35N3O4S. The van der Waals surface area contributed by atoms with Crippen molar-refractivity contribution in [3.05, 3.63) is 47.2 Å². The first kappa shape index (κ1) is 26.4. The second-order valence-corrected chi connectivity index (χ2v) is 11.4. The molecule has 4 aromatic rings. The first-order chi connectivity index (χ1) is 18.3. The third-order valence-corrected chi connectivity index (χ3v) is 8.19. The Hall–Kier alpha value is -3.23. The van der Waals surface area contributed by atoms with Crippen LogP contribution >= 0.6 is 11.3 Å². The van der Waals surface area contributed by atoms with E-state index < -0.39 is 12.1 Å². The number of ether oxygens (including phenoxy) is 2. The lowest BCUT2D eigenvalue weighted by Gasteiger charge is -2.23. The van der Waals surface area contributed by atoms with Crippen LogP contribution in [0.1, 0.15) is 56.4 Å². The fraction of sp³-hybridized carbons (Fsp3) is 0.433. The van der Waals surface area contributed by atoms with E-state index in [1.165, 1.54) is 5.56 Å². The summed E-state index contributed by atoms with van der Waals surface area (Å²) in [5, 5.41) is 12.3. The zero-order chi connectivity index (χ0) is 27.0. The number of anilines is 1. The molecule has 0 amide bonds. The summed E-state index contributed by atoms with van der Waals surface area (Å²) < 4.78 is 13.0. The highest BCUT2D eigenvalue weighted by Crippen LogP contribution is 2.46. The lowest BCUT2D eigenvalue weighted by Crippen LogP contribution is -2.22. The van der Waals surface area contributed by atoms with Crippen LogP contribution in [-0.4, -0.2) is 47.8 Å². The van der Waals surface area contributed by atoms with Gasteiger partial charge in [0.25, 0.3) is 0 Å². The molecule has 0 unspecified atom stereocenters. The second-order valence-electron chi connectivity index (χ2n) is 10.4. The number of rotatable bonds is 10. The molecule has 1 N–H and O–H groups in total. The molecule has 38 heavy (non-hydrogen) atoms. The Kier molecular flexibility index (Phi) is 7.54. The number of thiazole rings is 1. The molecule has 0 saturated carbocycles. The van der Waals surface area contributed by atoms with Gasteiger partial charge in [0.05, 0.1) is 22.3 Å². The van der Waals surface area contributed by atoms with Crippen LogP contribution in [0.5, 0.6) is 5.75 Å². The third-order valence-electron chi connectivity index (χ3n) is 6.99. The molecule has 0 aliphatic carbocycles. The van der Waals surface area contributed by atoms with Crippen LogP contribution in [-0.2, 0) is 16.0 Å². The molecule has 2 aromatic heterocycles. The van der Waals surface area contributed by atoms with Crippen molar-refractivity contribution in [2.24, 2.45) is 5.92 Å². The van der Waals surface area contributed by atoms with Gasteiger partial charge in [-0.2, -0.15) is 0 Å². The van der Waals surface area contributed by atoms with Crippen LogP contribution in [0.4, 0.5) is 5.13 Å². The van der Waals surface area contributed by atoms with Crippen LogP contribution in [0, 0.1) is 12.8 Å². The summed E-state index contributed by atoms with van der Waals surface area (Å²) in [5.41, 5.74) is 6.10. The number of carboxylic acids is 1. The Morgan fingerprint density at radius 1 is 1.29 bits per heavy atom. The maximum atomic E-state index is 12.6. The number of nitrogens with zero attached hydrogens (tertiary/aromatic N) is 3. The van der Waals surface area contributed by atoms with Crippen LogP contribution < -0.4 is 9.64 Å².